The largest absolute Gasteiger partial charge is 0.410 e. The molecule has 2 fully saturated rings. The monoisotopic (exact) mass is 427 g/mol. The van der Waals surface area contributed by atoms with Gasteiger partial charge in [-0.15, -0.1) is 6.58 Å². The van der Waals surface area contributed by atoms with Crippen LogP contribution in [0.4, 0.5) is 0 Å². The molecule has 2 aliphatic heterocycles. The average Bonchev–Trinajstić information content (AvgIpc) is 2.97. The quantitative estimate of drug-likeness (QED) is 0.392. The van der Waals surface area contributed by atoms with Crippen LogP contribution < -0.4 is 0 Å². The first kappa shape index (κ1) is 23.2. The Morgan fingerprint density at radius 1 is 1.20 bits per heavy atom. The second-order valence-corrected chi connectivity index (χ2v) is 15.1. The highest BCUT2D eigenvalue weighted by Crippen LogP contribution is 2.42. The minimum absolute atomic E-state index is 0.0487. The molecule has 2 aliphatic rings. The molecule has 0 radical (unpaired) electrons. The molecule has 1 aromatic carbocycles. The van der Waals surface area contributed by atoms with Crippen molar-refractivity contribution in [2.24, 2.45) is 0 Å². The molecule has 0 amide bonds. The van der Waals surface area contributed by atoms with Crippen LogP contribution in [-0.2, 0) is 13.9 Å². The molecular formula is C25H37NO3Si. The van der Waals surface area contributed by atoms with Gasteiger partial charge in [0.15, 0.2) is 14.1 Å². The van der Waals surface area contributed by atoms with Crippen molar-refractivity contribution in [2.75, 3.05) is 13.1 Å². The Hall–Kier alpha value is -1.42. The Morgan fingerprint density at radius 2 is 1.83 bits per heavy atom. The second kappa shape index (κ2) is 8.61. The number of rotatable bonds is 4. The minimum atomic E-state index is -1.97. The van der Waals surface area contributed by atoms with Crippen LogP contribution in [0.15, 0.2) is 43.0 Å². The van der Waals surface area contributed by atoms with E-state index in [9.17, 15) is 0 Å². The molecule has 4 atom stereocenters. The van der Waals surface area contributed by atoms with Crippen molar-refractivity contribution in [3.8, 4) is 11.8 Å². The third-order valence-corrected chi connectivity index (χ3v) is 10.9. The van der Waals surface area contributed by atoms with Crippen LogP contribution in [0, 0.1) is 11.8 Å². The molecule has 2 saturated heterocycles. The van der Waals surface area contributed by atoms with Crippen LogP contribution in [0.2, 0.25) is 18.1 Å². The van der Waals surface area contributed by atoms with E-state index in [1.807, 2.05) is 50.3 Å². The van der Waals surface area contributed by atoms with Gasteiger partial charge < -0.3 is 13.9 Å². The Morgan fingerprint density at radius 3 is 2.43 bits per heavy atom. The van der Waals surface area contributed by atoms with Crippen molar-refractivity contribution in [1.29, 1.82) is 0 Å². The van der Waals surface area contributed by atoms with E-state index in [2.05, 4.69) is 57.2 Å². The van der Waals surface area contributed by atoms with Crippen molar-refractivity contribution in [1.82, 2.24) is 4.90 Å². The molecule has 164 valence electrons. The lowest BCUT2D eigenvalue weighted by Crippen LogP contribution is -2.62. The third-order valence-electron chi connectivity index (χ3n) is 6.40. The molecule has 30 heavy (non-hydrogen) atoms. The number of fused-ring (bicyclic) bond motifs is 1. The first-order valence-electron chi connectivity index (χ1n) is 10.9. The van der Waals surface area contributed by atoms with Crippen LogP contribution >= 0.6 is 0 Å². The van der Waals surface area contributed by atoms with E-state index in [0.717, 1.165) is 18.7 Å². The number of hydrogen-bond acceptors (Lipinski definition) is 4. The van der Waals surface area contributed by atoms with Gasteiger partial charge in [0.1, 0.15) is 18.2 Å². The highest BCUT2D eigenvalue weighted by atomic mass is 28.4. The summed E-state index contributed by atoms with van der Waals surface area (Å²) in [6.07, 6.45) is 1.58. The number of hydrogen-bond donors (Lipinski definition) is 0. The Balaban J connectivity index is 1.93. The molecule has 0 bridgehead atoms. The highest BCUT2D eigenvalue weighted by Gasteiger charge is 2.55. The first-order valence-corrected chi connectivity index (χ1v) is 13.8. The highest BCUT2D eigenvalue weighted by molar-refractivity contribution is 6.74. The van der Waals surface area contributed by atoms with Gasteiger partial charge in [-0.1, -0.05) is 56.9 Å². The van der Waals surface area contributed by atoms with Crippen molar-refractivity contribution in [2.45, 2.75) is 82.9 Å². The predicted molar refractivity (Wildman–Crippen MR) is 125 cm³/mol. The lowest BCUT2D eigenvalue weighted by atomic mass is 9.94. The summed E-state index contributed by atoms with van der Waals surface area (Å²) < 4.78 is 19.6. The molecule has 0 N–H and O–H groups in total. The van der Waals surface area contributed by atoms with Gasteiger partial charge in [0, 0.05) is 18.7 Å². The molecule has 4 nitrogen and oxygen atoms in total. The molecule has 2 heterocycles. The lowest BCUT2D eigenvalue weighted by molar-refractivity contribution is -0.152. The summed E-state index contributed by atoms with van der Waals surface area (Å²) in [4.78, 5) is 2.33. The van der Waals surface area contributed by atoms with Crippen LogP contribution in [0.3, 0.4) is 0 Å². The summed E-state index contributed by atoms with van der Waals surface area (Å²) in [6, 6.07) is 10.0. The summed E-state index contributed by atoms with van der Waals surface area (Å²) in [5, 5.41) is 0.130. The predicted octanol–water partition coefficient (Wildman–Crippen LogP) is 4.82. The molecule has 3 rings (SSSR count). The van der Waals surface area contributed by atoms with Crippen molar-refractivity contribution < 1.29 is 13.9 Å². The van der Waals surface area contributed by atoms with E-state index in [1.54, 1.807) is 0 Å². The third kappa shape index (κ3) is 5.07. The van der Waals surface area contributed by atoms with Gasteiger partial charge in [-0.3, -0.25) is 4.90 Å². The van der Waals surface area contributed by atoms with Gasteiger partial charge in [0.25, 0.3) is 0 Å². The van der Waals surface area contributed by atoms with E-state index in [-0.39, 0.29) is 29.4 Å². The fourth-order valence-electron chi connectivity index (χ4n) is 3.87. The van der Waals surface area contributed by atoms with E-state index >= 15 is 0 Å². The van der Waals surface area contributed by atoms with Crippen LogP contribution in [0.5, 0.6) is 0 Å². The summed E-state index contributed by atoms with van der Waals surface area (Å²) in [7, 11) is -1.97. The molecule has 0 aromatic heterocycles. The van der Waals surface area contributed by atoms with Gasteiger partial charge in [0.05, 0.1) is 6.10 Å². The molecule has 0 aliphatic carbocycles. The van der Waals surface area contributed by atoms with Gasteiger partial charge in [-0.05, 0) is 44.1 Å². The van der Waals surface area contributed by atoms with E-state index in [0.29, 0.717) is 0 Å². The standard InChI is InChI=1S/C25H37NO3Si/c1-9-17-26-18-21(29-30(7,8)24(2,3)4)23-22(27-25(5,6)28-23)20(26)16-15-19-13-11-10-12-14-19/h9-14,20-23H,1,17-18H2,2-8H3/t20-,21+,22-,23+/m0/s1. The van der Waals surface area contributed by atoms with E-state index < -0.39 is 14.1 Å². The van der Waals surface area contributed by atoms with Crippen LogP contribution in [0.1, 0.15) is 40.2 Å². The van der Waals surface area contributed by atoms with Crippen LogP contribution in [0.25, 0.3) is 0 Å². The number of likely N-dealkylation sites (tertiary alicyclic amines) is 1. The fraction of sp³-hybridized carbons (Fsp3) is 0.600. The fourth-order valence-corrected chi connectivity index (χ4v) is 5.19. The van der Waals surface area contributed by atoms with Crippen molar-refractivity contribution in [3.63, 3.8) is 0 Å². The Kier molecular flexibility index (Phi) is 6.67. The zero-order chi connectivity index (χ0) is 22.2. The number of piperidine rings is 1. The number of ether oxygens (including phenoxy) is 2. The summed E-state index contributed by atoms with van der Waals surface area (Å²) in [6.45, 7) is 20.8. The molecule has 1 aromatic rings. The smallest absolute Gasteiger partial charge is 0.192 e. The van der Waals surface area contributed by atoms with Crippen molar-refractivity contribution in [3.05, 3.63) is 48.6 Å². The van der Waals surface area contributed by atoms with Gasteiger partial charge in [0.2, 0.25) is 0 Å². The lowest BCUT2D eigenvalue weighted by Gasteiger charge is -2.47. The summed E-state index contributed by atoms with van der Waals surface area (Å²) >= 11 is 0. The molecule has 0 spiro atoms. The average molecular weight is 428 g/mol. The Labute approximate surface area is 183 Å². The zero-order valence-electron chi connectivity index (χ0n) is 19.6. The van der Waals surface area contributed by atoms with E-state index in [4.69, 9.17) is 13.9 Å². The SMILES string of the molecule is C=CCN1C[C@@H](O[Si](C)(C)C(C)(C)C)[C@H]2OC(C)(C)O[C@H]2[C@@H]1C#Cc1ccccc1. The molecule has 5 heteroatoms. The maximum Gasteiger partial charge on any atom is 0.192 e. The van der Waals surface area contributed by atoms with Gasteiger partial charge >= 0.3 is 0 Å². The first-order chi connectivity index (χ1) is 13.9. The molecule has 0 unspecified atom stereocenters. The summed E-state index contributed by atoms with van der Waals surface area (Å²) in [5.41, 5.74) is 1.01. The summed E-state index contributed by atoms with van der Waals surface area (Å²) in [5.74, 6) is 6.16. The zero-order valence-corrected chi connectivity index (χ0v) is 20.6. The number of benzene rings is 1. The molecular weight excluding hydrogens is 390 g/mol. The number of nitrogens with zero attached hydrogens (tertiary/aromatic N) is 1. The Bertz CT molecular complexity index is 803. The van der Waals surface area contributed by atoms with E-state index in [1.165, 1.54) is 0 Å². The maximum absolute atomic E-state index is 6.85. The van der Waals surface area contributed by atoms with Crippen LogP contribution in [-0.4, -0.2) is 56.4 Å². The van der Waals surface area contributed by atoms with Gasteiger partial charge in [-0.2, -0.15) is 0 Å². The van der Waals surface area contributed by atoms with Gasteiger partial charge in [-0.25, -0.2) is 0 Å². The molecule has 0 saturated carbocycles. The topological polar surface area (TPSA) is 30.9 Å². The minimum Gasteiger partial charge on any atom is -0.410 e. The normalized spacial score (nSPS) is 29.0. The van der Waals surface area contributed by atoms with Crippen molar-refractivity contribution >= 4 is 8.32 Å². The maximum atomic E-state index is 6.85. The second-order valence-electron chi connectivity index (χ2n) is 10.3.